The number of thioether (sulfide) groups is 2. The molecule has 3 N–H and O–H groups in total. The Morgan fingerprint density at radius 2 is 2.10 bits per heavy atom. The molecule has 0 bridgehead atoms. The molecule has 0 saturated heterocycles. The van der Waals surface area contributed by atoms with Gasteiger partial charge in [-0.2, -0.15) is 0 Å². The number of nitrogen functional groups attached to an aromatic ring is 1. The standard InChI is InChI=1S/C13H16N4OS3/c1-19-12-16-17-13(21-12)20-8-4-7-11(18)15-10-6-3-2-5-9(10)14/h2-3,5-6H,4,7-8,14H2,1H3,(H,15,18). The Morgan fingerprint density at radius 1 is 1.33 bits per heavy atom. The molecule has 2 aromatic rings. The molecule has 0 radical (unpaired) electrons. The van der Waals surface area contributed by atoms with Gasteiger partial charge in [-0.05, 0) is 24.8 Å². The average Bonchev–Trinajstić information content (AvgIpc) is 2.94. The largest absolute Gasteiger partial charge is 0.397 e. The molecule has 1 amide bonds. The summed E-state index contributed by atoms with van der Waals surface area (Å²) in [5.74, 6) is 0.830. The highest BCUT2D eigenvalue weighted by molar-refractivity contribution is 8.02. The molecule has 8 heteroatoms. The van der Waals surface area contributed by atoms with Crippen molar-refractivity contribution in [3.8, 4) is 0 Å². The molecule has 0 aliphatic rings. The number of carbonyl (C=O) groups is 1. The van der Waals surface area contributed by atoms with Crippen LogP contribution in [0, 0.1) is 0 Å². The third-order valence-corrected chi connectivity index (χ3v) is 5.69. The molecule has 0 aliphatic heterocycles. The zero-order chi connectivity index (χ0) is 15.1. The number of aromatic nitrogens is 2. The Hall–Kier alpha value is -1.25. The van der Waals surface area contributed by atoms with Crippen LogP contribution in [0.5, 0.6) is 0 Å². The van der Waals surface area contributed by atoms with E-state index in [2.05, 4.69) is 15.5 Å². The Morgan fingerprint density at radius 3 is 2.81 bits per heavy atom. The predicted molar refractivity (Wildman–Crippen MR) is 91.1 cm³/mol. The van der Waals surface area contributed by atoms with Gasteiger partial charge in [-0.15, -0.1) is 10.2 Å². The maximum Gasteiger partial charge on any atom is 0.224 e. The van der Waals surface area contributed by atoms with Crippen molar-refractivity contribution >= 4 is 52.1 Å². The van der Waals surface area contributed by atoms with E-state index in [9.17, 15) is 4.79 Å². The van der Waals surface area contributed by atoms with Crippen LogP contribution in [0.2, 0.25) is 0 Å². The summed E-state index contributed by atoms with van der Waals surface area (Å²) in [5.41, 5.74) is 7.03. The van der Waals surface area contributed by atoms with Gasteiger partial charge in [-0.1, -0.05) is 47.0 Å². The maximum atomic E-state index is 11.8. The van der Waals surface area contributed by atoms with Gasteiger partial charge in [0.2, 0.25) is 5.91 Å². The summed E-state index contributed by atoms with van der Waals surface area (Å²) in [6.45, 7) is 0. The van der Waals surface area contributed by atoms with E-state index in [1.807, 2.05) is 18.4 Å². The van der Waals surface area contributed by atoms with Crippen molar-refractivity contribution in [1.29, 1.82) is 0 Å². The minimum atomic E-state index is -0.0180. The summed E-state index contributed by atoms with van der Waals surface area (Å²) in [4.78, 5) is 11.8. The minimum absolute atomic E-state index is 0.0180. The van der Waals surface area contributed by atoms with Gasteiger partial charge in [0, 0.05) is 12.2 Å². The molecular formula is C13H16N4OS3. The number of hydrogen-bond donors (Lipinski definition) is 2. The smallest absolute Gasteiger partial charge is 0.224 e. The summed E-state index contributed by atoms with van der Waals surface area (Å²) in [5, 5.41) is 10.9. The SMILES string of the molecule is CSc1nnc(SCCCC(=O)Nc2ccccc2N)s1. The van der Waals surface area contributed by atoms with E-state index in [0.717, 1.165) is 20.9 Å². The monoisotopic (exact) mass is 340 g/mol. The van der Waals surface area contributed by atoms with Crippen LogP contribution in [-0.2, 0) is 4.79 Å². The van der Waals surface area contributed by atoms with Crippen LogP contribution in [-0.4, -0.2) is 28.1 Å². The lowest BCUT2D eigenvalue weighted by Crippen LogP contribution is -2.12. The number of hydrogen-bond acceptors (Lipinski definition) is 7. The van der Waals surface area contributed by atoms with E-state index in [0.29, 0.717) is 17.8 Å². The molecule has 1 aromatic heterocycles. The lowest BCUT2D eigenvalue weighted by atomic mass is 10.2. The van der Waals surface area contributed by atoms with Gasteiger partial charge < -0.3 is 11.1 Å². The summed E-state index contributed by atoms with van der Waals surface area (Å²) >= 11 is 4.81. The van der Waals surface area contributed by atoms with Crippen molar-refractivity contribution in [2.45, 2.75) is 21.5 Å². The number of benzene rings is 1. The summed E-state index contributed by atoms with van der Waals surface area (Å²) < 4.78 is 1.92. The van der Waals surface area contributed by atoms with Crippen molar-refractivity contribution in [2.75, 3.05) is 23.1 Å². The second-order valence-electron chi connectivity index (χ2n) is 4.13. The second kappa shape index (κ2) is 8.26. The Bertz CT molecular complexity index is 603. The summed E-state index contributed by atoms with van der Waals surface area (Å²) in [6, 6.07) is 7.25. The molecule has 0 aliphatic carbocycles. The number of nitrogens with two attached hydrogens (primary N) is 1. The van der Waals surface area contributed by atoms with E-state index >= 15 is 0 Å². The van der Waals surface area contributed by atoms with Gasteiger partial charge in [0.1, 0.15) is 0 Å². The number of rotatable bonds is 7. The molecule has 0 saturated carbocycles. The maximum absolute atomic E-state index is 11.8. The second-order valence-corrected chi connectivity index (χ2v) is 7.50. The molecule has 1 aromatic carbocycles. The molecule has 21 heavy (non-hydrogen) atoms. The van der Waals surface area contributed by atoms with Crippen LogP contribution in [0.4, 0.5) is 11.4 Å². The predicted octanol–water partition coefficient (Wildman–Crippen LogP) is 3.35. The van der Waals surface area contributed by atoms with Gasteiger partial charge in [0.05, 0.1) is 11.4 Å². The van der Waals surface area contributed by atoms with Crippen LogP contribution in [0.3, 0.4) is 0 Å². The Labute approximate surface area is 136 Å². The van der Waals surface area contributed by atoms with Crippen molar-refractivity contribution in [2.24, 2.45) is 0 Å². The molecule has 2 rings (SSSR count). The van der Waals surface area contributed by atoms with Crippen LogP contribution in [0.15, 0.2) is 32.9 Å². The fourth-order valence-corrected chi connectivity index (χ4v) is 4.00. The fraction of sp³-hybridized carbons (Fsp3) is 0.308. The third kappa shape index (κ3) is 5.22. The molecule has 112 valence electrons. The zero-order valence-electron chi connectivity index (χ0n) is 11.5. The quantitative estimate of drug-likeness (QED) is 0.457. The first kappa shape index (κ1) is 16.1. The molecular weight excluding hydrogens is 324 g/mol. The van der Waals surface area contributed by atoms with Crippen LogP contribution >= 0.6 is 34.9 Å². The molecule has 5 nitrogen and oxygen atoms in total. The highest BCUT2D eigenvalue weighted by Crippen LogP contribution is 2.27. The molecule has 0 atom stereocenters. The van der Waals surface area contributed by atoms with E-state index in [-0.39, 0.29) is 5.91 Å². The molecule has 0 unspecified atom stereocenters. The number of nitrogens with one attached hydrogen (secondary N) is 1. The van der Waals surface area contributed by atoms with Crippen molar-refractivity contribution in [3.05, 3.63) is 24.3 Å². The third-order valence-electron chi connectivity index (χ3n) is 2.57. The minimum Gasteiger partial charge on any atom is -0.397 e. The Balaban J connectivity index is 1.69. The van der Waals surface area contributed by atoms with Crippen LogP contribution in [0.1, 0.15) is 12.8 Å². The highest BCUT2D eigenvalue weighted by Gasteiger charge is 2.06. The average molecular weight is 340 g/mol. The van der Waals surface area contributed by atoms with Gasteiger partial charge >= 0.3 is 0 Å². The molecule has 0 spiro atoms. The van der Waals surface area contributed by atoms with E-state index in [1.54, 1.807) is 47.0 Å². The van der Waals surface area contributed by atoms with Crippen LogP contribution < -0.4 is 11.1 Å². The number of nitrogens with zero attached hydrogens (tertiary/aromatic N) is 2. The lowest BCUT2D eigenvalue weighted by molar-refractivity contribution is -0.116. The number of para-hydroxylation sites is 2. The van der Waals surface area contributed by atoms with Gasteiger partial charge in [0.15, 0.2) is 8.68 Å². The van der Waals surface area contributed by atoms with Gasteiger partial charge in [-0.3, -0.25) is 4.79 Å². The summed E-state index contributed by atoms with van der Waals surface area (Å²) in [6.07, 6.45) is 3.24. The first-order chi connectivity index (χ1) is 10.2. The number of carbonyl (C=O) groups excluding carboxylic acids is 1. The van der Waals surface area contributed by atoms with Gasteiger partial charge in [-0.25, -0.2) is 0 Å². The normalized spacial score (nSPS) is 10.5. The Kier molecular flexibility index (Phi) is 6.34. The van der Waals surface area contributed by atoms with Crippen molar-refractivity contribution in [1.82, 2.24) is 10.2 Å². The van der Waals surface area contributed by atoms with E-state index < -0.39 is 0 Å². The van der Waals surface area contributed by atoms with Crippen molar-refractivity contribution in [3.63, 3.8) is 0 Å². The highest BCUT2D eigenvalue weighted by atomic mass is 32.2. The van der Waals surface area contributed by atoms with Gasteiger partial charge in [0.25, 0.3) is 0 Å². The first-order valence-corrected chi connectivity index (χ1v) is 9.36. The van der Waals surface area contributed by atoms with Crippen LogP contribution in [0.25, 0.3) is 0 Å². The number of anilines is 2. The lowest BCUT2D eigenvalue weighted by Gasteiger charge is -2.07. The van der Waals surface area contributed by atoms with Crippen molar-refractivity contribution < 1.29 is 4.79 Å². The summed E-state index contributed by atoms with van der Waals surface area (Å²) in [7, 11) is 0. The molecule has 0 fully saturated rings. The van der Waals surface area contributed by atoms with E-state index in [1.165, 1.54) is 0 Å². The van der Waals surface area contributed by atoms with E-state index in [4.69, 9.17) is 5.73 Å². The zero-order valence-corrected chi connectivity index (χ0v) is 14.0. The number of amides is 1. The fourth-order valence-electron chi connectivity index (χ4n) is 1.55. The molecule has 1 heterocycles. The first-order valence-electron chi connectivity index (χ1n) is 6.33. The topological polar surface area (TPSA) is 80.9 Å².